The fraction of sp³-hybridized carbons (Fsp3) is 0.471. The maximum absolute atomic E-state index is 9.21. The van der Waals surface area contributed by atoms with Crippen LogP contribution in [0, 0.1) is 11.3 Å². The minimum atomic E-state index is 0.226. The van der Waals surface area contributed by atoms with Gasteiger partial charge >= 0.3 is 0 Å². The Kier molecular flexibility index (Phi) is 3.92. The molecule has 1 saturated carbocycles. The lowest BCUT2D eigenvalue weighted by molar-refractivity contribution is 0.195. The molecule has 3 heterocycles. The third kappa shape index (κ3) is 2.98. The van der Waals surface area contributed by atoms with Crippen LogP contribution in [0.2, 0.25) is 0 Å². The fourth-order valence-corrected chi connectivity index (χ4v) is 3.22. The van der Waals surface area contributed by atoms with Crippen molar-refractivity contribution in [3.05, 3.63) is 24.0 Å². The van der Waals surface area contributed by atoms with E-state index in [1.165, 1.54) is 0 Å². The Morgan fingerprint density at radius 3 is 2.83 bits per heavy atom. The molecule has 0 radical (unpaired) electrons. The third-order valence-electron chi connectivity index (χ3n) is 4.63. The summed E-state index contributed by atoms with van der Waals surface area (Å²) in [5.41, 5.74) is 6.22. The molecule has 1 atom stereocenters. The van der Waals surface area contributed by atoms with Crippen molar-refractivity contribution in [2.45, 2.75) is 37.4 Å². The molecule has 4 N–H and O–H groups in total. The van der Waals surface area contributed by atoms with Gasteiger partial charge in [-0.2, -0.15) is 5.26 Å². The molecule has 0 bridgehead atoms. The Bertz CT molecular complexity index is 790. The molecule has 24 heavy (non-hydrogen) atoms. The molecule has 1 aliphatic carbocycles. The number of nitrogens with one attached hydrogen (secondary N) is 2. The van der Waals surface area contributed by atoms with Crippen molar-refractivity contribution in [2.75, 3.05) is 23.8 Å². The van der Waals surface area contributed by atoms with E-state index in [-0.39, 0.29) is 6.04 Å². The molecular weight excluding hydrogens is 304 g/mol. The lowest BCUT2D eigenvalue weighted by Gasteiger charge is -2.33. The highest BCUT2D eigenvalue weighted by molar-refractivity contribution is 5.93. The first-order valence-electron chi connectivity index (χ1n) is 8.28. The summed E-state index contributed by atoms with van der Waals surface area (Å²) in [7, 11) is 0. The van der Waals surface area contributed by atoms with Gasteiger partial charge in [-0.25, -0.2) is 9.97 Å². The molecule has 0 spiro atoms. The molecule has 2 aliphatic rings. The number of nitrogens with two attached hydrogens (primary N) is 1. The largest absolute Gasteiger partial charge is 0.379 e. The zero-order valence-corrected chi connectivity index (χ0v) is 13.3. The van der Waals surface area contributed by atoms with Crippen molar-refractivity contribution in [1.29, 1.82) is 5.26 Å². The molecule has 2 aromatic rings. The van der Waals surface area contributed by atoms with E-state index in [4.69, 9.17) is 10.5 Å². The van der Waals surface area contributed by atoms with Gasteiger partial charge in [0.15, 0.2) is 0 Å². The van der Waals surface area contributed by atoms with Crippen LogP contribution >= 0.6 is 0 Å². The molecule has 2 aromatic heterocycles. The molecule has 0 amide bonds. The van der Waals surface area contributed by atoms with Crippen LogP contribution in [-0.2, 0) is 4.74 Å². The Morgan fingerprint density at radius 1 is 1.25 bits per heavy atom. The minimum absolute atomic E-state index is 0.226. The number of fused-ring (bicyclic) bond motifs is 1. The van der Waals surface area contributed by atoms with E-state index in [1.54, 1.807) is 12.3 Å². The van der Waals surface area contributed by atoms with Crippen LogP contribution in [0.25, 0.3) is 10.8 Å². The quantitative estimate of drug-likeness (QED) is 0.783. The van der Waals surface area contributed by atoms with E-state index in [1.807, 2.05) is 6.07 Å². The summed E-state index contributed by atoms with van der Waals surface area (Å²) in [4.78, 5) is 8.91. The first kappa shape index (κ1) is 15.1. The fourth-order valence-electron chi connectivity index (χ4n) is 3.22. The van der Waals surface area contributed by atoms with Crippen LogP contribution in [0.15, 0.2) is 18.3 Å². The Balaban J connectivity index is 1.66. The number of hydrogen-bond acceptors (Lipinski definition) is 7. The number of hydrogen-bond donors (Lipinski definition) is 3. The number of nitriles is 1. The molecule has 7 heteroatoms. The summed E-state index contributed by atoms with van der Waals surface area (Å²) in [6, 6.07) is 6.78. The zero-order valence-electron chi connectivity index (χ0n) is 13.3. The normalized spacial score (nSPS) is 25.9. The number of rotatable bonds is 4. The molecule has 7 nitrogen and oxygen atoms in total. The molecule has 1 aliphatic heterocycles. The van der Waals surface area contributed by atoms with Gasteiger partial charge in [-0.05, 0) is 31.4 Å². The zero-order chi connectivity index (χ0) is 16.5. The van der Waals surface area contributed by atoms with E-state index < -0.39 is 0 Å². The second kappa shape index (κ2) is 6.23. The third-order valence-corrected chi connectivity index (χ3v) is 4.63. The smallest absolute Gasteiger partial charge is 0.143 e. The van der Waals surface area contributed by atoms with Gasteiger partial charge in [0.2, 0.25) is 0 Å². The first-order valence-corrected chi connectivity index (χ1v) is 8.28. The van der Waals surface area contributed by atoms with Gasteiger partial charge in [0.05, 0.1) is 12.6 Å². The van der Waals surface area contributed by atoms with Crippen molar-refractivity contribution in [1.82, 2.24) is 9.97 Å². The van der Waals surface area contributed by atoms with Gasteiger partial charge in [-0.3, -0.25) is 0 Å². The predicted octanol–water partition coefficient (Wildman–Crippen LogP) is 1.60. The summed E-state index contributed by atoms with van der Waals surface area (Å²) >= 11 is 0. The summed E-state index contributed by atoms with van der Waals surface area (Å²) in [5.74, 6) is 1.53. The minimum Gasteiger partial charge on any atom is -0.379 e. The topological polar surface area (TPSA) is 109 Å². The maximum Gasteiger partial charge on any atom is 0.143 e. The standard InChI is InChI=1S/C17H20N6O/c18-7-14-3-10-8-20-16(21-13-4-11(19)5-13)6-15(10)17(23-14)22-12-1-2-24-9-12/h3,6,8,11-13H,1-2,4-5,9,19H2,(H,20,21)(H,22,23)/t11?,12-,13?/m1/s1. The van der Waals surface area contributed by atoms with Crippen LogP contribution in [-0.4, -0.2) is 41.3 Å². The van der Waals surface area contributed by atoms with Crippen molar-refractivity contribution in [3.8, 4) is 6.07 Å². The van der Waals surface area contributed by atoms with E-state index in [0.717, 1.165) is 48.3 Å². The molecule has 2 fully saturated rings. The van der Waals surface area contributed by atoms with Crippen LogP contribution < -0.4 is 16.4 Å². The van der Waals surface area contributed by atoms with Crippen molar-refractivity contribution in [2.24, 2.45) is 5.73 Å². The molecule has 0 aromatic carbocycles. The Labute approximate surface area is 140 Å². The van der Waals surface area contributed by atoms with E-state index in [2.05, 4.69) is 26.7 Å². The van der Waals surface area contributed by atoms with Gasteiger partial charge in [-0.15, -0.1) is 0 Å². The van der Waals surface area contributed by atoms with Crippen molar-refractivity contribution < 1.29 is 4.74 Å². The monoisotopic (exact) mass is 324 g/mol. The summed E-state index contributed by atoms with van der Waals surface area (Å²) in [5, 5.41) is 17.9. The highest BCUT2D eigenvalue weighted by atomic mass is 16.5. The average Bonchev–Trinajstić information content (AvgIpc) is 3.06. The number of nitrogens with zero attached hydrogens (tertiary/aromatic N) is 3. The van der Waals surface area contributed by atoms with Crippen molar-refractivity contribution >= 4 is 22.4 Å². The molecule has 124 valence electrons. The van der Waals surface area contributed by atoms with E-state index in [0.29, 0.717) is 24.4 Å². The SMILES string of the molecule is N#Cc1cc2cnc(NC3CC(N)C3)cc2c(N[C@@H]2CCOC2)n1. The lowest BCUT2D eigenvalue weighted by atomic mass is 9.88. The number of pyridine rings is 2. The number of aromatic nitrogens is 2. The average molecular weight is 324 g/mol. The van der Waals surface area contributed by atoms with E-state index >= 15 is 0 Å². The van der Waals surface area contributed by atoms with Crippen LogP contribution in [0.4, 0.5) is 11.6 Å². The summed E-state index contributed by atoms with van der Waals surface area (Å²) < 4.78 is 5.41. The highest BCUT2D eigenvalue weighted by Crippen LogP contribution is 2.28. The molecule has 1 saturated heterocycles. The highest BCUT2D eigenvalue weighted by Gasteiger charge is 2.26. The summed E-state index contributed by atoms with van der Waals surface area (Å²) in [6.45, 7) is 1.42. The van der Waals surface area contributed by atoms with Gasteiger partial charge in [0.25, 0.3) is 0 Å². The number of ether oxygens (including phenoxy) is 1. The number of anilines is 2. The van der Waals surface area contributed by atoms with Gasteiger partial charge < -0.3 is 21.1 Å². The van der Waals surface area contributed by atoms with Crippen molar-refractivity contribution in [3.63, 3.8) is 0 Å². The van der Waals surface area contributed by atoms with Gasteiger partial charge in [-0.1, -0.05) is 0 Å². The Hall–Kier alpha value is -2.43. The van der Waals surface area contributed by atoms with Gasteiger partial charge in [0.1, 0.15) is 23.4 Å². The van der Waals surface area contributed by atoms with Crippen LogP contribution in [0.3, 0.4) is 0 Å². The van der Waals surface area contributed by atoms with Gasteiger partial charge in [0, 0.05) is 35.7 Å². The Morgan fingerprint density at radius 2 is 2.12 bits per heavy atom. The van der Waals surface area contributed by atoms with Crippen LogP contribution in [0.1, 0.15) is 25.0 Å². The second-order valence-electron chi connectivity index (χ2n) is 6.54. The van der Waals surface area contributed by atoms with E-state index in [9.17, 15) is 5.26 Å². The molecular formula is C17H20N6O. The molecule has 4 rings (SSSR count). The van der Waals surface area contributed by atoms with Crippen LogP contribution in [0.5, 0.6) is 0 Å². The second-order valence-corrected chi connectivity index (χ2v) is 6.54. The predicted molar refractivity (Wildman–Crippen MR) is 91.7 cm³/mol. The molecule has 0 unspecified atom stereocenters. The summed E-state index contributed by atoms with van der Waals surface area (Å²) in [6.07, 6.45) is 4.66. The first-order chi connectivity index (χ1) is 11.7. The lowest BCUT2D eigenvalue weighted by Crippen LogP contribution is -2.44. The maximum atomic E-state index is 9.21.